The molecule has 1 N–H and O–H groups in total. The second-order valence-corrected chi connectivity index (χ2v) is 7.40. The van der Waals surface area contributed by atoms with Gasteiger partial charge in [0.25, 0.3) is 0 Å². The molecule has 3 fully saturated rings. The van der Waals surface area contributed by atoms with Crippen molar-refractivity contribution < 1.29 is 9.90 Å². The predicted molar refractivity (Wildman–Crippen MR) is 96.1 cm³/mol. The molecule has 0 saturated carbocycles. The Morgan fingerprint density at radius 2 is 1.88 bits per heavy atom. The standard InChI is InChI=1S/C21H22N2O2/c24-13-18-19-7-6-16(14-4-2-1-3-5-14)20(18)23(19)21(25)17-12-22-10-8-15(17)9-11-22/h1-7,15,17,24H,8-13H2. The minimum Gasteiger partial charge on any atom is -0.392 e. The third-order valence-corrected chi connectivity index (χ3v) is 6.16. The van der Waals surface area contributed by atoms with Gasteiger partial charge in [-0.15, -0.1) is 0 Å². The Kier molecular flexibility index (Phi) is 3.43. The summed E-state index contributed by atoms with van der Waals surface area (Å²) in [7, 11) is 0. The molecule has 4 heteroatoms. The first kappa shape index (κ1) is 15.1. The van der Waals surface area contributed by atoms with Crippen molar-refractivity contribution in [2.24, 2.45) is 11.8 Å². The lowest BCUT2D eigenvalue weighted by atomic mass is 9.76. The summed E-state index contributed by atoms with van der Waals surface area (Å²) in [6.45, 7) is 3.14. The summed E-state index contributed by atoms with van der Waals surface area (Å²) < 4.78 is 0. The molecule has 6 rings (SSSR count). The highest BCUT2D eigenvalue weighted by Crippen LogP contribution is 2.48. The maximum Gasteiger partial charge on any atom is 0.236 e. The normalized spacial score (nSPS) is 30.0. The molecule has 5 aliphatic heterocycles. The third-order valence-electron chi connectivity index (χ3n) is 6.16. The number of nitrogens with zero attached hydrogens (tertiary/aromatic N) is 2. The van der Waals surface area contributed by atoms with E-state index in [2.05, 4.69) is 23.1 Å². The Balaban J connectivity index is 1.48. The van der Waals surface area contributed by atoms with Gasteiger partial charge in [0.1, 0.15) is 0 Å². The molecule has 4 nitrogen and oxygen atoms in total. The molecule has 0 radical (unpaired) electrons. The number of benzene rings is 1. The van der Waals surface area contributed by atoms with Crippen LogP contribution in [0.3, 0.4) is 0 Å². The molecule has 5 aliphatic rings. The molecule has 3 saturated heterocycles. The summed E-state index contributed by atoms with van der Waals surface area (Å²) >= 11 is 0. The second-order valence-electron chi connectivity index (χ2n) is 7.40. The van der Waals surface area contributed by atoms with Crippen LogP contribution in [0.15, 0.2) is 59.5 Å². The molecule has 25 heavy (non-hydrogen) atoms. The molecule has 5 heterocycles. The predicted octanol–water partition coefficient (Wildman–Crippen LogP) is 2.40. The minimum atomic E-state index is -0.0185. The Bertz CT molecular complexity index is 814. The zero-order valence-corrected chi connectivity index (χ0v) is 14.2. The number of aliphatic hydroxyl groups excluding tert-OH is 1. The Labute approximate surface area is 147 Å². The first-order valence-corrected chi connectivity index (χ1v) is 9.16. The maximum atomic E-state index is 13.3. The highest BCUT2D eigenvalue weighted by atomic mass is 16.3. The fraction of sp³-hybridized carbons (Fsp3) is 0.381. The number of fused-ring (bicyclic) bond motifs is 5. The number of carbonyl (C=O) groups is 1. The van der Waals surface area contributed by atoms with E-state index in [4.69, 9.17) is 0 Å². The van der Waals surface area contributed by atoms with Crippen molar-refractivity contribution in [3.05, 3.63) is 65.0 Å². The summed E-state index contributed by atoms with van der Waals surface area (Å²) in [5, 5.41) is 9.80. The summed E-state index contributed by atoms with van der Waals surface area (Å²) in [5.74, 6) is 0.826. The van der Waals surface area contributed by atoms with Gasteiger partial charge in [0.05, 0.1) is 23.9 Å². The summed E-state index contributed by atoms with van der Waals surface area (Å²) in [6, 6.07) is 10.1. The quantitative estimate of drug-likeness (QED) is 0.923. The van der Waals surface area contributed by atoms with Crippen LogP contribution in [0.5, 0.6) is 0 Å². The number of hydrogen-bond acceptors (Lipinski definition) is 3. The van der Waals surface area contributed by atoms with E-state index < -0.39 is 0 Å². The lowest BCUT2D eigenvalue weighted by Crippen LogP contribution is -2.55. The Hall–Kier alpha value is -2.17. The topological polar surface area (TPSA) is 43.8 Å². The molecule has 1 unspecified atom stereocenters. The van der Waals surface area contributed by atoms with Crippen LogP contribution in [-0.4, -0.2) is 47.1 Å². The van der Waals surface area contributed by atoms with E-state index in [1.807, 2.05) is 29.2 Å². The van der Waals surface area contributed by atoms with Crippen LogP contribution in [0, 0.1) is 11.8 Å². The SMILES string of the molecule is O=C(C1CN2CCC1CC2)N1c2ccc(-c3ccccc3)c1c2CO. The zero-order chi connectivity index (χ0) is 17.0. The van der Waals surface area contributed by atoms with Crippen molar-refractivity contribution in [2.45, 2.75) is 12.8 Å². The van der Waals surface area contributed by atoms with Crippen LogP contribution in [-0.2, 0) is 4.79 Å². The minimum absolute atomic E-state index is 0.0185. The molecular formula is C21H22N2O2. The van der Waals surface area contributed by atoms with Gasteiger partial charge >= 0.3 is 0 Å². The maximum absolute atomic E-state index is 13.3. The number of aliphatic hydroxyl groups is 1. The molecule has 1 aromatic rings. The van der Waals surface area contributed by atoms with E-state index in [1.54, 1.807) is 0 Å². The highest BCUT2D eigenvalue weighted by molar-refractivity contribution is 5.98. The van der Waals surface area contributed by atoms with Gasteiger partial charge in [-0.1, -0.05) is 36.4 Å². The van der Waals surface area contributed by atoms with Gasteiger partial charge in [-0.3, -0.25) is 9.69 Å². The van der Waals surface area contributed by atoms with Crippen LogP contribution >= 0.6 is 0 Å². The van der Waals surface area contributed by atoms with Crippen molar-refractivity contribution in [1.29, 1.82) is 0 Å². The molecule has 4 bridgehead atoms. The van der Waals surface area contributed by atoms with E-state index in [9.17, 15) is 9.90 Å². The van der Waals surface area contributed by atoms with Gasteiger partial charge in [0.2, 0.25) is 5.91 Å². The average Bonchev–Trinajstić information content (AvgIpc) is 2.69. The van der Waals surface area contributed by atoms with Crippen LogP contribution < -0.4 is 0 Å². The highest BCUT2D eigenvalue weighted by Gasteiger charge is 2.46. The van der Waals surface area contributed by atoms with Gasteiger partial charge in [-0.25, -0.2) is 0 Å². The second kappa shape index (κ2) is 5.68. The van der Waals surface area contributed by atoms with E-state index in [-0.39, 0.29) is 18.4 Å². The van der Waals surface area contributed by atoms with Crippen molar-refractivity contribution in [1.82, 2.24) is 9.80 Å². The lowest BCUT2D eigenvalue weighted by molar-refractivity contribution is -0.138. The van der Waals surface area contributed by atoms with Crippen molar-refractivity contribution in [3.63, 3.8) is 0 Å². The van der Waals surface area contributed by atoms with Crippen LogP contribution in [0.25, 0.3) is 5.57 Å². The van der Waals surface area contributed by atoms with Crippen LogP contribution in [0.2, 0.25) is 0 Å². The van der Waals surface area contributed by atoms with Gasteiger partial charge in [-0.2, -0.15) is 0 Å². The largest absolute Gasteiger partial charge is 0.392 e. The summed E-state index contributed by atoms with van der Waals surface area (Å²) in [6.07, 6.45) is 6.33. The van der Waals surface area contributed by atoms with Crippen LogP contribution in [0.4, 0.5) is 0 Å². The number of carbonyl (C=O) groups excluding carboxylic acids is 1. The fourth-order valence-electron chi connectivity index (χ4n) is 4.80. The van der Waals surface area contributed by atoms with Crippen molar-refractivity contribution >= 4 is 11.5 Å². The molecule has 0 spiro atoms. The van der Waals surface area contributed by atoms with E-state index in [1.165, 1.54) is 0 Å². The van der Waals surface area contributed by atoms with E-state index >= 15 is 0 Å². The number of amides is 1. The average molecular weight is 334 g/mol. The Morgan fingerprint density at radius 1 is 1.12 bits per heavy atom. The smallest absolute Gasteiger partial charge is 0.236 e. The van der Waals surface area contributed by atoms with Crippen LogP contribution in [0.1, 0.15) is 18.4 Å². The molecule has 0 aliphatic carbocycles. The van der Waals surface area contributed by atoms with Gasteiger partial charge in [0, 0.05) is 17.7 Å². The first-order valence-electron chi connectivity index (χ1n) is 9.16. The monoisotopic (exact) mass is 334 g/mol. The Morgan fingerprint density at radius 3 is 2.52 bits per heavy atom. The van der Waals surface area contributed by atoms with E-state index in [0.29, 0.717) is 5.92 Å². The van der Waals surface area contributed by atoms with Crippen molar-refractivity contribution in [3.8, 4) is 0 Å². The molecule has 1 aromatic carbocycles. The number of allylic oxidation sites excluding steroid dienone is 3. The summed E-state index contributed by atoms with van der Waals surface area (Å²) in [4.78, 5) is 17.6. The number of hydrogen-bond donors (Lipinski definition) is 1. The van der Waals surface area contributed by atoms with Gasteiger partial charge < -0.3 is 10.0 Å². The lowest BCUT2D eigenvalue weighted by Gasteiger charge is -2.49. The summed E-state index contributed by atoms with van der Waals surface area (Å²) in [5.41, 5.74) is 4.82. The zero-order valence-electron chi connectivity index (χ0n) is 14.2. The molecule has 1 amide bonds. The van der Waals surface area contributed by atoms with E-state index in [0.717, 1.165) is 60.6 Å². The molecule has 0 aromatic heterocycles. The molecule has 128 valence electrons. The number of piperidine rings is 3. The van der Waals surface area contributed by atoms with Gasteiger partial charge in [0.15, 0.2) is 0 Å². The van der Waals surface area contributed by atoms with Gasteiger partial charge in [-0.05, 0) is 43.5 Å². The third kappa shape index (κ3) is 2.17. The molecule has 1 atom stereocenters. The van der Waals surface area contributed by atoms with Crippen molar-refractivity contribution in [2.75, 3.05) is 26.2 Å². The fourth-order valence-corrected chi connectivity index (χ4v) is 4.80. The number of rotatable bonds is 3. The molecular weight excluding hydrogens is 312 g/mol. The first-order chi connectivity index (χ1) is 12.3.